The first-order valence-corrected chi connectivity index (χ1v) is 7.21. The zero-order valence-corrected chi connectivity index (χ0v) is 11.6. The van der Waals surface area contributed by atoms with Crippen molar-refractivity contribution in [1.82, 2.24) is 9.88 Å². The van der Waals surface area contributed by atoms with Crippen molar-refractivity contribution in [3.05, 3.63) is 23.9 Å². The van der Waals surface area contributed by atoms with Crippen LogP contribution in [-0.4, -0.2) is 53.1 Å². The third-order valence-electron chi connectivity index (χ3n) is 4.31. The molecular formula is C14H21N5O. The maximum Gasteiger partial charge on any atom is 0.173 e. The molecule has 6 heteroatoms. The van der Waals surface area contributed by atoms with Crippen LogP contribution in [0.15, 0.2) is 23.5 Å². The summed E-state index contributed by atoms with van der Waals surface area (Å²) in [4.78, 5) is 9.28. The van der Waals surface area contributed by atoms with Crippen molar-refractivity contribution in [1.29, 1.82) is 0 Å². The van der Waals surface area contributed by atoms with Gasteiger partial charge in [0, 0.05) is 31.9 Å². The molecule has 1 aromatic heterocycles. The van der Waals surface area contributed by atoms with E-state index in [9.17, 15) is 0 Å². The average molecular weight is 275 g/mol. The molecule has 2 saturated heterocycles. The summed E-state index contributed by atoms with van der Waals surface area (Å²) in [5.41, 5.74) is 6.46. The minimum absolute atomic E-state index is 0.124. The van der Waals surface area contributed by atoms with Gasteiger partial charge in [0.15, 0.2) is 5.84 Å². The smallest absolute Gasteiger partial charge is 0.173 e. The molecule has 108 valence electrons. The van der Waals surface area contributed by atoms with Gasteiger partial charge in [0.05, 0.1) is 5.56 Å². The van der Waals surface area contributed by atoms with Crippen LogP contribution in [0.4, 0.5) is 5.82 Å². The predicted octanol–water partition coefficient (Wildman–Crippen LogP) is 0.851. The lowest BCUT2D eigenvalue weighted by molar-refractivity contribution is 0.133. The molecule has 0 aliphatic carbocycles. The fourth-order valence-corrected chi connectivity index (χ4v) is 3.25. The Morgan fingerprint density at radius 3 is 3.10 bits per heavy atom. The number of aromatic nitrogens is 1. The first kappa shape index (κ1) is 13.2. The zero-order valence-electron chi connectivity index (χ0n) is 11.6. The van der Waals surface area contributed by atoms with Crippen molar-refractivity contribution in [3.8, 4) is 0 Å². The molecule has 3 N–H and O–H groups in total. The highest BCUT2D eigenvalue weighted by Crippen LogP contribution is 2.25. The molecule has 1 unspecified atom stereocenters. The van der Waals surface area contributed by atoms with Crippen LogP contribution in [0.3, 0.4) is 0 Å². The van der Waals surface area contributed by atoms with Gasteiger partial charge in [0.2, 0.25) is 0 Å². The summed E-state index contributed by atoms with van der Waals surface area (Å²) in [5.74, 6) is 0.951. The van der Waals surface area contributed by atoms with Gasteiger partial charge in [-0.05, 0) is 31.5 Å². The topological polar surface area (TPSA) is 78.0 Å². The summed E-state index contributed by atoms with van der Waals surface area (Å²) >= 11 is 0. The Morgan fingerprint density at radius 1 is 1.35 bits per heavy atom. The second-order valence-electron chi connectivity index (χ2n) is 5.49. The van der Waals surface area contributed by atoms with E-state index in [2.05, 4.69) is 19.9 Å². The molecular weight excluding hydrogens is 254 g/mol. The van der Waals surface area contributed by atoms with Crippen LogP contribution in [-0.2, 0) is 0 Å². The number of amidine groups is 1. The lowest BCUT2D eigenvalue weighted by Crippen LogP contribution is -2.55. The van der Waals surface area contributed by atoms with Crippen LogP contribution < -0.4 is 10.6 Å². The monoisotopic (exact) mass is 275 g/mol. The van der Waals surface area contributed by atoms with E-state index in [0.29, 0.717) is 11.6 Å². The molecule has 3 rings (SSSR count). The SMILES string of the molecule is N/C(=N/O)c1cccnc1N1CCN2CCCCC2C1. The summed E-state index contributed by atoms with van der Waals surface area (Å²) in [6, 6.07) is 4.28. The van der Waals surface area contributed by atoms with E-state index in [-0.39, 0.29) is 5.84 Å². The third kappa shape index (κ3) is 2.43. The van der Waals surface area contributed by atoms with Crippen molar-refractivity contribution in [3.63, 3.8) is 0 Å². The van der Waals surface area contributed by atoms with Crippen LogP contribution >= 0.6 is 0 Å². The molecule has 1 aromatic rings. The van der Waals surface area contributed by atoms with E-state index >= 15 is 0 Å². The number of rotatable bonds is 2. The van der Waals surface area contributed by atoms with Gasteiger partial charge in [-0.2, -0.15) is 0 Å². The van der Waals surface area contributed by atoms with E-state index in [1.54, 1.807) is 6.20 Å². The number of piperidine rings is 1. The van der Waals surface area contributed by atoms with Crippen LogP contribution in [0.1, 0.15) is 24.8 Å². The molecule has 0 amide bonds. The van der Waals surface area contributed by atoms with Gasteiger partial charge in [0.1, 0.15) is 5.82 Å². The highest BCUT2D eigenvalue weighted by atomic mass is 16.4. The molecule has 6 nitrogen and oxygen atoms in total. The molecule has 2 aliphatic heterocycles. The average Bonchev–Trinajstić information content (AvgIpc) is 2.53. The van der Waals surface area contributed by atoms with Gasteiger partial charge in [-0.15, -0.1) is 0 Å². The summed E-state index contributed by atoms with van der Waals surface area (Å²) < 4.78 is 0. The van der Waals surface area contributed by atoms with E-state index in [1.165, 1.54) is 25.8 Å². The number of anilines is 1. The van der Waals surface area contributed by atoms with E-state index in [0.717, 1.165) is 25.5 Å². The highest BCUT2D eigenvalue weighted by Gasteiger charge is 2.30. The van der Waals surface area contributed by atoms with Crippen LogP contribution in [0.25, 0.3) is 0 Å². The number of hydrogen-bond donors (Lipinski definition) is 2. The minimum atomic E-state index is 0.124. The van der Waals surface area contributed by atoms with E-state index in [1.807, 2.05) is 12.1 Å². The molecule has 2 fully saturated rings. The minimum Gasteiger partial charge on any atom is -0.409 e. The summed E-state index contributed by atoms with van der Waals surface area (Å²) in [7, 11) is 0. The largest absolute Gasteiger partial charge is 0.409 e. The zero-order chi connectivity index (χ0) is 13.9. The van der Waals surface area contributed by atoms with Gasteiger partial charge >= 0.3 is 0 Å². The van der Waals surface area contributed by atoms with Crippen molar-refractivity contribution >= 4 is 11.7 Å². The number of fused-ring (bicyclic) bond motifs is 1. The number of oxime groups is 1. The van der Waals surface area contributed by atoms with Crippen molar-refractivity contribution in [2.45, 2.75) is 25.3 Å². The molecule has 0 saturated carbocycles. The molecule has 0 spiro atoms. The van der Waals surface area contributed by atoms with Gasteiger partial charge in [-0.1, -0.05) is 11.6 Å². The Balaban J connectivity index is 1.83. The molecule has 2 aliphatic rings. The number of piperazine rings is 1. The Bertz CT molecular complexity index is 504. The highest BCUT2D eigenvalue weighted by molar-refractivity contribution is 6.01. The third-order valence-corrected chi connectivity index (χ3v) is 4.31. The summed E-state index contributed by atoms with van der Waals surface area (Å²) in [5, 5.41) is 12.0. The lowest BCUT2D eigenvalue weighted by Gasteiger charge is -2.44. The van der Waals surface area contributed by atoms with E-state index < -0.39 is 0 Å². The molecule has 0 bridgehead atoms. The fraction of sp³-hybridized carbons (Fsp3) is 0.571. The molecule has 0 aromatic carbocycles. The molecule has 3 heterocycles. The first-order valence-electron chi connectivity index (χ1n) is 7.21. The van der Waals surface area contributed by atoms with Gasteiger partial charge in [0.25, 0.3) is 0 Å². The van der Waals surface area contributed by atoms with Crippen molar-refractivity contribution in [2.75, 3.05) is 31.1 Å². The Morgan fingerprint density at radius 2 is 2.25 bits per heavy atom. The number of pyridine rings is 1. The number of hydrogen-bond acceptors (Lipinski definition) is 5. The second kappa shape index (κ2) is 5.66. The summed E-state index contributed by atoms with van der Waals surface area (Å²) in [6.07, 6.45) is 5.64. The lowest BCUT2D eigenvalue weighted by atomic mass is 9.99. The maximum absolute atomic E-state index is 8.91. The first-order chi connectivity index (χ1) is 9.79. The summed E-state index contributed by atoms with van der Waals surface area (Å²) in [6.45, 7) is 4.20. The standard InChI is InChI=1S/C14H21N5O/c15-13(17-20)12-5-3-6-16-14(12)19-9-8-18-7-2-1-4-11(18)10-19/h3,5-6,11,20H,1-2,4,7-10H2,(H2,15,17). The Hall–Kier alpha value is -1.82. The van der Waals surface area contributed by atoms with Gasteiger partial charge in [-0.25, -0.2) is 4.98 Å². The molecule has 0 radical (unpaired) electrons. The number of nitrogens with two attached hydrogens (primary N) is 1. The maximum atomic E-state index is 8.91. The second-order valence-corrected chi connectivity index (χ2v) is 5.49. The van der Waals surface area contributed by atoms with Gasteiger partial charge in [-0.3, -0.25) is 4.90 Å². The van der Waals surface area contributed by atoms with Gasteiger partial charge < -0.3 is 15.8 Å². The fourth-order valence-electron chi connectivity index (χ4n) is 3.25. The van der Waals surface area contributed by atoms with Crippen molar-refractivity contribution < 1.29 is 5.21 Å². The van der Waals surface area contributed by atoms with Crippen LogP contribution in [0.2, 0.25) is 0 Å². The molecule has 1 atom stereocenters. The van der Waals surface area contributed by atoms with E-state index in [4.69, 9.17) is 10.9 Å². The predicted molar refractivity (Wildman–Crippen MR) is 78.2 cm³/mol. The van der Waals surface area contributed by atoms with Crippen molar-refractivity contribution in [2.24, 2.45) is 10.9 Å². The number of nitrogens with zero attached hydrogens (tertiary/aromatic N) is 4. The Labute approximate surface area is 118 Å². The molecule has 20 heavy (non-hydrogen) atoms. The Kier molecular flexibility index (Phi) is 3.73. The van der Waals surface area contributed by atoms with Crippen LogP contribution in [0.5, 0.6) is 0 Å². The van der Waals surface area contributed by atoms with Crippen LogP contribution in [0, 0.1) is 0 Å². The quantitative estimate of drug-likeness (QED) is 0.362. The normalized spacial score (nSPS) is 24.5.